The molecule has 6 aliphatic carbocycles. The van der Waals surface area contributed by atoms with Gasteiger partial charge in [0.1, 0.15) is 0 Å². The van der Waals surface area contributed by atoms with Gasteiger partial charge in [-0.15, -0.1) is 0 Å². The van der Waals surface area contributed by atoms with Gasteiger partial charge >= 0.3 is 0 Å². The van der Waals surface area contributed by atoms with Crippen molar-refractivity contribution >= 4 is 0 Å². The summed E-state index contributed by atoms with van der Waals surface area (Å²) in [4.78, 5) is 0. The van der Waals surface area contributed by atoms with E-state index in [-0.39, 0.29) is 0 Å². The Labute approximate surface area is 505 Å². The average molecular weight is 1100 g/mol. The zero-order valence-electron chi connectivity index (χ0n) is 59.6. The summed E-state index contributed by atoms with van der Waals surface area (Å²) >= 11 is 0. The minimum atomic E-state index is 1.00. The van der Waals surface area contributed by atoms with Crippen molar-refractivity contribution in [3.63, 3.8) is 0 Å². The Morgan fingerprint density at radius 2 is 0.481 bits per heavy atom. The molecule has 0 amide bonds. The standard InChI is InChI=1S/C12H22.C12H10.C8H16.C8H10.C8H16.C7H14.C6H12.9C2H6/c2*1-3-7-11(8-4-1)12-9-5-2-6-10-12;2*1-7-5-3-4-6-8(7)2;1-2-8-6-4-3-5-7-8;1-7-5-3-2-4-6-7;1-6-4-2-3-5-6;9*1-2/h11-12H,1-10H2;1-10H;7-8H,3-6H2,1-2H3;3-6H,1-2H3;8H,2-7H2,1H3;7H,2-6H2,1H3;6H,2-5H2,1H3;9*1-2H3. The van der Waals surface area contributed by atoms with Crippen molar-refractivity contribution in [3.8, 4) is 11.1 Å². The molecule has 0 N–H and O–H groups in total. The van der Waals surface area contributed by atoms with Crippen LogP contribution in [0.3, 0.4) is 0 Å². The molecule has 0 heteroatoms. The van der Waals surface area contributed by atoms with E-state index in [0.717, 1.165) is 41.4 Å². The van der Waals surface area contributed by atoms with E-state index in [9.17, 15) is 0 Å². The number of benzene rings is 3. The molecule has 2 atom stereocenters. The summed E-state index contributed by atoms with van der Waals surface area (Å²) in [6.07, 6.45) is 43.6. The molecule has 470 valence electrons. The molecule has 0 aromatic heterocycles. The molecule has 79 heavy (non-hydrogen) atoms. The minimum Gasteiger partial charge on any atom is -0.0683 e. The van der Waals surface area contributed by atoms with Gasteiger partial charge in [0.05, 0.1) is 0 Å². The van der Waals surface area contributed by atoms with Gasteiger partial charge in [0.25, 0.3) is 0 Å². The number of rotatable bonds is 3. The molecule has 0 heterocycles. The summed E-state index contributed by atoms with van der Waals surface area (Å²) in [5.41, 5.74) is 5.29. The van der Waals surface area contributed by atoms with Gasteiger partial charge in [-0.2, -0.15) is 0 Å². The molecule has 9 rings (SSSR count). The third-order valence-corrected chi connectivity index (χ3v) is 15.7. The molecule has 3 aromatic carbocycles. The molecule has 3 aromatic rings. The van der Waals surface area contributed by atoms with Gasteiger partial charge in [-0.3, -0.25) is 0 Å². The van der Waals surface area contributed by atoms with E-state index in [1.807, 2.05) is 137 Å². The predicted molar refractivity (Wildman–Crippen MR) is 377 cm³/mol. The molecular formula is C79H154. The zero-order chi connectivity index (χ0) is 61.8. The molecule has 0 aliphatic heterocycles. The number of hydrogen-bond acceptors (Lipinski definition) is 0. The Morgan fingerprint density at radius 3 is 0.671 bits per heavy atom. The number of aryl methyl sites for hydroxylation is 2. The van der Waals surface area contributed by atoms with Gasteiger partial charge in [0.2, 0.25) is 0 Å². The molecule has 2 unspecified atom stereocenters. The second kappa shape index (κ2) is 77.7. The van der Waals surface area contributed by atoms with Crippen molar-refractivity contribution in [2.24, 2.45) is 41.4 Å². The second-order valence-electron chi connectivity index (χ2n) is 20.9. The summed E-state index contributed by atoms with van der Waals surface area (Å²) in [7, 11) is 0. The minimum absolute atomic E-state index is 1.00. The van der Waals surface area contributed by atoms with Crippen LogP contribution in [-0.2, 0) is 0 Å². The fraction of sp³-hybridized carbons (Fsp3) is 0.772. The highest BCUT2D eigenvalue weighted by molar-refractivity contribution is 5.62. The lowest BCUT2D eigenvalue weighted by atomic mass is 9.73. The van der Waals surface area contributed by atoms with Crippen LogP contribution in [0.1, 0.15) is 357 Å². The summed E-state index contributed by atoms with van der Waals surface area (Å²) in [5.74, 6) is 7.45. The Kier molecular flexibility index (Phi) is 89.0. The predicted octanol–water partition coefficient (Wildman–Crippen LogP) is 29.6. The van der Waals surface area contributed by atoms with Crippen molar-refractivity contribution < 1.29 is 0 Å². The van der Waals surface area contributed by atoms with Crippen molar-refractivity contribution in [2.75, 3.05) is 0 Å². The van der Waals surface area contributed by atoms with Crippen LogP contribution in [0, 0.1) is 55.3 Å². The Hall–Kier alpha value is -2.34. The maximum atomic E-state index is 2.38. The Bertz CT molecular complexity index is 1290. The highest BCUT2D eigenvalue weighted by atomic mass is 14.3. The van der Waals surface area contributed by atoms with Crippen molar-refractivity contribution in [1.82, 2.24) is 0 Å². The zero-order valence-corrected chi connectivity index (χ0v) is 59.6. The first-order chi connectivity index (χ1) is 38.8. The number of hydrogen-bond donors (Lipinski definition) is 0. The summed E-state index contributed by atoms with van der Waals surface area (Å²) in [6.45, 7) is 52.0. The SMILES string of the molecule is C1CCC(C2CCCCC2)CC1.CC.CC.CC.CC.CC.CC.CC.CC.CC.CC1CCCC1.CC1CCCCC1.CC1CCCCC1C.CCC1CCCCC1.Cc1ccccc1C.c1ccc(-c2ccccc2)cc1. The Morgan fingerprint density at radius 1 is 0.266 bits per heavy atom. The molecule has 0 nitrogen and oxygen atoms in total. The first-order valence-electron chi connectivity index (χ1n) is 35.9. The molecule has 0 spiro atoms. The topological polar surface area (TPSA) is 0 Å². The van der Waals surface area contributed by atoms with Gasteiger partial charge in [0.15, 0.2) is 0 Å². The van der Waals surface area contributed by atoms with E-state index in [1.54, 1.807) is 25.7 Å². The van der Waals surface area contributed by atoms with Crippen molar-refractivity contribution in [3.05, 3.63) is 96.1 Å². The molecule has 0 radical (unpaired) electrons. The maximum Gasteiger partial charge on any atom is -0.0184 e. The molecular weight excluding hydrogens is 949 g/mol. The van der Waals surface area contributed by atoms with Gasteiger partial charge < -0.3 is 0 Å². The third-order valence-electron chi connectivity index (χ3n) is 15.7. The van der Waals surface area contributed by atoms with Crippen molar-refractivity contribution in [2.45, 2.75) is 359 Å². The van der Waals surface area contributed by atoms with Crippen LogP contribution in [0.15, 0.2) is 84.9 Å². The van der Waals surface area contributed by atoms with Crippen LogP contribution in [0.2, 0.25) is 0 Å². The first kappa shape index (κ1) is 90.4. The molecule has 6 fully saturated rings. The third kappa shape index (κ3) is 57.3. The van der Waals surface area contributed by atoms with Crippen LogP contribution < -0.4 is 0 Å². The van der Waals surface area contributed by atoms with Gasteiger partial charge in [-0.25, -0.2) is 0 Å². The van der Waals surface area contributed by atoms with Crippen LogP contribution in [0.4, 0.5) is 0 Å². The van der Waals surface area contributed by atoms with Crippen LogP contribution in [0.5, 0.6) is 0 Å². The largest absolute Gasteiger partial charge is 0.0683 e. The highest BCUT2D eigenvalue weighted by Gasteiger charge is 2.24. The summed E-state index contributed by atoms with van der Waals surface area (Å²) < 4.78 is 0. The average Bonchev–Trinajstić information content (AvgIpc) is 4.06. The molecule has 6 aliphatic rings. The van der Waals surface area contributed by atoms with Crippen LogP contribution in [-0.4, -0.2) is 0 Å². The fourth-order valence-electron chi connectivity index (χ4n) is 10.7. The lowest BCUT2D eigenvalue weighted by Gasteiger charge is -2.32. The molecule has 0 saturated heterocycles. The summed E-state index contributed by atoms with van der Waals surface area (Å²) in [5, 5.41) is 0. The lowest BCUT2D eigenvalue weighted by Crippen LogP contribution is -2.20. The van der Waals surface area contributed by atoms with E-state index in [4.69, 9.17) is 0 Å². The first-order valence-corrected chi connectivity index (χ1v) is 35.9. The normalized spacial score (nSPS) is 18.1. The van der Waals surface area contributed by atoms with Crippen molar-refractivity contribution in [1.29, 1.82) is 0 Å². The van der Waals surface area contributed by atoms with Crippen LogP contribution in [0.25, 0.3) is 11.1 Å². The second-order valence-corrected chi connectivity index (χ2v) is 20.9. The lowest BCUT2D eigenvalue weighted by molar-refractivity contribution is 0.196. The van der Waals surface area contributed by atoms with E-state index in [2.05, 4.69) is 121 Å². The van der Waals surface area contributed by atoms with Gasteiger partial charge in [-0.05, 0) is 77.5 Å². The van der Waals surface area contributed by atoms with E-state index >= 15 is 0 Å². The smallest absolute Gasteiger partial charge is 0.0184 e. The fourth-order valence-corrected chi connectivity index (χ4v) is 10.7. The van der Waals surface area contributed by atoms with E-state index in [0.29, 0.717) is 0 Å². The van der Waals surface area contributed by atoms with E-state index in [1.165, 1.54) is 183 Å². The monoisotopic (exact) mass is 1100 g/mol. The van der Waals surface area contributed by atoms with Gasteiger partial charge in [-0.1, -0.05) is 430 Å². The van der Waals surface area contributed by atoms with E-state index < -0.39 is 0 Å². The highest BCUT2D eigenvalue weighted by Crippen LogP contribution is 2.38. The Balaban J connectivity index is -0.000000147. The van der Waals surface area contributed by atoms with Crippen LogP contribution >= 0.6 is 0 Å². The van der Waals surface area contributed by atoms with Gasteiger partial charge in [0, 0.05) is 0 Å². The maximum absolute atomic E-state index is 2.38. The molecule has 6 saturated carbocycles. The molecule has 0 bridgehead atoms. The summed E-state index contributed by atoms with van der Waals surface area (Å²) in [6, 6.07) is 29.1. The quantitative estimate of drug-likeness (QED) is 0.245.